The van der Waals surface area contributed by atoms with Crippen LogP contribution < -0.4 is 4.90 Å². The number of aryl methyl sites for hydroxylation is 1. The van der Waals surface area contributed by atoms with Gasteiger partial charge < -0.3 is 9.80 Å². The van der Waals surface area contributed by atoms with Gasteiger partial charge in [-0.25, -0.2) is 9.97 Å². The van der Waals surface area contributed by atoms with Gasteiger partial charge in [0.25, 0.3) is 5.91 Å². The normalized spacial score (nSPS) is 16.1. The summed E-state index contributed by atoms with van der Waals surface area (Å²) in [5.41, 5.74) is 6.51. The molecule has 0 atom stereocenters. The number of fused-ring (bicyclic) bond motifs is 2. The zero-order valence-corrected chi connectivity index (χ0v) is 14.5. The van der Waals surface area contributed by atoms with Crippen LogP contribution in [0.3, 0.4) is 0 Å². The highest BCUT2D eigenvalue weighted by Gasteiger charge is 2.26. The lowest BCUT2D eigenvalue weighted by atomic mass is 9.91. The molecule has 0 unspecified atom stereocenters. The van der Waals surface area contributed by atoms with Crippen molar-refractivity contribution in [1.82, 2.24) is 14.9 Å². The van der Waals surface area contributed by atoms with Gasteiger partial charge in [0.2, 0.25) is 5.95 Å². The molecule has 0 fully saturated rings. The first-order valence-electron chi connectivity index (χ1n) is 8.50. The molecule has 1 aromatic carbocycles. The Morgan fingerprint density at radius 1 is 1.12 bits per heavy atom. The molecule has 2 aliphatic rings. The number of carbonyl (C=O) groups is 1. The van der Waals surface area contributed by atoms with Gasteiger partial charge in [0, 0.05) is 50.1 Å². The van der Waals surface area contributed by atoms with E-state index >= 15 is 0 Å². The highest BCUT2D eigenvalue weighted by Crippen LogP contribution is 2.33. The fourth-order valence-electron chi connectivity index (χ4n) is 3.63. The number of amides is 1. The standard InChI is InChI=1S/C19H22N4O/c1-22(2)19-20-16-7-5-4-6-15(16)17(21-19)12-8-9-14-13(10-12)11-23(3)18(14)24/h8-10H,4-7,11H2,1-3H3. The molecule has 0 spiro atoms. The third kappa shape index (κ3) is 2.35. The van der Waals surface area contributed by atoms with Gasteiger partial charge in [0.05, 0.1) is 5.69 Å². The number of aromatic nitrogens is 2. The van der Waals surface area contributed by atoms with Gasteiger partial charge in [0.15, 0.2) is 0 Å². The van der Waals surface area contributed by atoms with Crippen LogP contribution in [0.1, 0.15) is 40.0 Å². The Hall–Kier alpha value is -2.43. The molecule has 0 bridgehead atoms. The van der Waals surface area contributed by atoms with Crippen molar-refractivity contribution in [2.45, 2.75) is 32.2 Å². The number of nitrogens with zero attached hydrogens (tertiary/aromatic N) is 4. The molecule has 0 radical (unpaired) electrons. The summed E-state index contributed by atoms with van der Waals surface area (Å²) < 4.78 is 0. The Balaban J connectivity index is 1.86. The van der Waals surface area contributed by atoms with Gasteiger partial charge in [-0.1, -0.05) is 6.07 Å². The van der Waals surface area contributed by atoms with Crippen LogP contribution >= 0.6 is 0 Å². The van der Waals surface area contributed by atoms with Gasteiger partial charge in [-0.2, -0.15) is 0 Å². The van der Waals surface area contributed by atoms with Crippen molar-refractivity contribution in [3.05, 3.63) is 40.6 Å². The monoisotopic (exact) mass is 322 g/mol. The van der Waals surface area contributed by atoms with Crippen LogP contribution in [0, 0.1) is 0 Å². The summed E-state index contributed by atoms with van der Waals surface area (Å²) >= 11 is 0. The SMILES string of the molecule is CN1Cc2cc(-c3nc(N(C)C)nc4c3CCCC4)ccc2C1=O. The van der Waals surface area contributed by atoms with E-state index in [1.807, 2.05) is 38.2 Å². The first-order chi connectivity index (χ1) is 11.5. The maximum Gasteiger partial charge on any atom is 0.254 e. The van der Waals surface area contributed by atoms with Gasteiger partial charge >= 0.3 is 0 Å². The zero-order valence-electron chi connectivity index (χ0n) is 14.5. The first kappa shape index (κ1) is 15.1. The molecule has 24 heavy (non-hydrogen) atoms. The molecule has 5 nitrogen and oxygen atoms in total. The molecule has 0 saturated heterocycles. The Morgan fingerprint density at radius 3 is 2.71 bits per heavy atom. The fourth-order valence-corrected chi connectivity index (χ4v) is 3.63. The molecule has 2 heterocycles. The molecule has 1 aliphatic carbocycles. The van der Waals surface area contributed by atoms with Crippen molar-refractivity contribution < 1.29 is 4.79 Å². The highest BCUT2D eigenvalue weighted by atomic mass is 16.2. The second-order valence-electron chi connectivity index (χ2n) is 6.93. The molecule has 124 valence electrons. The second kappa shape index (κ2) is 5.58. The fraction of sp³-hybridized carbons (Fsp3) is 0.421. The topological polar surface area (TPSA) is 49.3 Å². The van der Waals surface area contributed by atoms with E-state index in [-0.39, 0.29) is 5.91 Å². The summed E-state index contributed by atoms with van der Waals surface area (Å²) in [5.74, 6) is 0.870. The summed E-state index contributed by atoms with van der Waals surface area (Å²) in [5, 5.41) is 0. The molecule has 2 aromatic rings. The Labute approximate surface area is 142 Å². The summed E-state index contributed by atoms with van der Waals surface area (Å²) in [6.45, 7) is 0.676. The lowest BCUT2D eigenvalue weighted by molar-refractivity contribution is 0.0816. The van der Waals surface area contributed by atoms with Crippen molar-refractivity contribution >= 4 is 11.9 Å². The van der Waals surface area contributed by atoms with Crippen molar-refractivity contribution in [2.24, 2.45) is 0 Å². The smallest absolute Gasteiger partial charge is 0.254 e. The van der Waals surface area contributed by atoms with E-state index in [4.69, 9.17) is 9.97 Å². The van der Waals surface area contributed by atoms with Crippen LogP contribution in [0.4, 0.5) is 5.95 Å². The molecule has 0 saturated carbocycles. The lowest BCUT2D eigenvalue weighted by Crippen LogP contribution is -2.17. The van der Waals surface area contributed by atoms with Crippen LogP contribution in [0.5, 0.6) is 0 Å². The highest BCUT2D eigenvalue weighted by molar-refractivity contribution is 5.98. The predicted molar refractivity (Wildman–Crippen MR) is 94.2 cm³/mol. The van der Waals surface area contributed by atoms with Gasteiger partial charge in [-0.3, -0.25) is 4.79 Å². The zero-order chi connectivity index (χ0) is 16.8. The van der Waals surface area contributed by atoms with E-state index in [1.54, 1.807) is 4.90 Å². The minimum atomic E-state index is 0.107. The number of hydrogen-bond donors (Lipinski definition) is 0. The second-order valence-corrected chi connectivity index (χ2v) is 6.93. The number of rotatable bonds is 2. The van der Waals surface area contributed by atoms with E-state index < -0.39 is 0 Å². The van der Waals surface area contributed by atoms with Crippen molar-refractivity contribution in [3.63, 3.8) is 0 Å². The summed E-state index contributed by atoms with van der Waals surface area (Å²) in [6, 6.07) is 6.11. The van der Waals surface area contributed by atoms with Crippen molar-refractivity contribution in [1.29, 1.82) is 0 Å². The van der Waals surface area contributed by atoms with Crippen LogP contribution in [0.25, 0.3) is 11.3 Å². The lowest BCUT2D eigenvalue weighted by Gasteiger charge is -2.21. The van der Waals surface area contributed by atoms with Crippen LogP contribution in [-0.4, -0.2) is 41.9 Å². The molecule has 1 aromatic heterocycles. The van der Waals surface area contributed by atoms with E-state index in [0.717, 1.165) is 41.2 Å². The molecule has 4 rings (SSSR count). The summed E-state index contributed by atoms with van der Waals surface area (Å²) in [6.07, 6.45) is 4.45. The number of carbonyl (C=O) groups excluding carboxylic acids is 1. The van der Waals surface area contributed by atoms with Crippen LogP contribution in [0.15, 0.2) is 18.2 Å². The van der Waals surface area contributed by atoms with Crippen LogP contribution in [-0.2, 0) is 19.4 Å². The number of hydrogen-bond acceptors (Lipinski definition) is 4. The maximum absolute atomic E-state index is 12.1. The van der Waals surface area contributed by atoms with Crippen molar-refractivity contribution in [3.8, 4) is 11.3 Å². The first-order valence-corrected chi connectivity index (χ1v) is 8.50. The molecular weight excluding hydrogens is 300 g/mol. The third-order valence-electron chi connectivity index (χ3n) is 4.93. The molecular formula is C19H22N4O. The Bertz CT molecular complexity index is 828. The molecule has 0 N–H and O–H groups in total. The molecule has 5 heteroatoms. The Kier molecular flexibility index (Phi) is 3.52. The maximum atomic E-state index is 12.1. The average Bonchev–Trinajstić information content (AvgIpc) is 2.87. The van der Waals surface area contributed by atoms with E-state index in [0.29, 0.717) is 6.54 Å². The number of anilines is 1. The van der Waals surface area contributed by atoms with E-state index in [2.05, 4.69) is 6.07 Å². The van der Waals surface area contributed by atoms with Gasteiger partial charge in [0.1, 0.15) is 0 Å². The van der Waals surface area contributed by atoms with Crippen molar-refractivity contribution in [2.75, 3.05) is 26.0 Å². The summed E-state index contributed by atoms with van der Waals surface area (Å²) in [7, 11) is 5.80. The van der Waals surface area contributed by atoms with Gasteiger partial charge in [-0.05, 0) is 43.4 Å². The minimum Gasteiger partial charge on any atom is -0.347 e. The van der Waals surface area contributed by atoms with Gasteiger partial charge in [-0.15, -0.1) is 0 Å². The third-order valence-corrected chi connectivity index (χ3v) is 4.93. The molecule has 1 amide bonds. The largest absolute Gasteiger partial charge is 0.347 e. The quantitative estimate of drug-likeness (QED) is 0.853. The Morgan fingerprint density at radius 2 is 1.92 bits per heavy atom. The predicted octanol–water partition coefficient (Wildman–Crippen LogP) is 2.67. The molecule has 1 aliphatic heterocycles. The average molecular weight is 322 g/mol. The summed E-state index contributed by atoms with van der Waals surface area (Å²) in [4.78, 5) is 25.4. The van der Waals surface area contributed by atoms with E-state index in [1.165, 1.54) is 24.1 Å². The van der Waals surface area contributed by atoms with E-state index in [9.17, 15) is 4.79 Å². The van der Waals surface area contributed by atoms with Crippen LogP contribution in [0.2, 0.25) is 0 Å². The number of benzene rings is 1. The minimum absolute atomic E-state index is 0.107.